The second-order valence-corrected chi connectivity index (χ2v) is 8.25. The number of rotatable bonds is 3. The normalized spacial score (nSPS) is 15.8. The second-order valence-electron chi connectivity index (χ2n) is 8.25. The van der Waals surface area contributed by atoms with Gasteiger partial charge in [0.15, 0.2) is 5.43 Å². The molecule has 0 fully saturated rings. The third-order valence-corrected chi connectivity index (χ3v) is 5.67. The van der Waals surface area contributed by atoms with Crippen LogP contribution in [0.1, 0.15) is 49.8 Å². The molecule has 0 aliphatic carbocycles. The van der Waals surface area contributed by atoms with Crippen molar-refractivity contribution in [1.82, 2.24) is 0 Å². The standard InChI is InChI=1S/C24H25NO4/c1-5-25-9-8-24(3,4)20-12-17-11-16(23(27)29-22(17)14-21(20)25)6-7-19-13-18(26)10-15(2)28-19/h6-7,10-14H,5,8-9H2,1-4H3/b7-6+. The van der Waals surface area contributed by atoms with Crippen LogP contribution < -0.4 is 16.0 Å². The van der Waals surface area contributed by atoms with E-state index in [1.54, 1.807) is 19.1 Å². The highest BCUT2D eigenvalue weighted by Gasteiger charge is 2.31. The molecule has 0 atom stereocenters. The molecule has 3 heterocycles. The molecule has 0 bridgehead atoms. The fraction of sp³-hybridized carbons (Fsp3) is 0.333. The molecule has 0 unspecified atom stereocenters. The van der Waals surface area contributed by atoms with Gasteiger partial charge in [-0.25, -0.2) is 4.79 Å². The lowest BCUT2D eigenvalue weighted by atomic mass is 9.77. The molecule has 0 spiro atoms. The van der Waals surface area contributed by atoms with Crippen LogP contribution in [0.3, 0.4) is 0 Å². The fourth-order valence-electron chi connectivity index (χ4n) is 3.97. The minimum atomic E-state index is -0.415. The molecule has 0 radical (unpaired) electrons. The minimum absolute atomic E-state index is 0.0618. The van der Waals surface area contributed by atoms with E-state index in [4.69, 9.17) is 8.83 Å². The molecular weight excluding hydrogens is 366 g/mol. The largest absolute Gasteiger partial charge is 0.462 e. The molecule has 5 heteroatoms. The van der Waals surface area contributed by atoms with Crippen LogP contribution in [0.4, 0.5) is 5.69 Å². The van der Waals surface area contributed by atoms with Crippen molar-refractivity contribution in [3.05, 3.63) is 73.6 Å². The molecule has 0 saturated heterocycles. The Bertz CT molecular complexity index is 1230. The smallest absolute Gasteiger partial charge is 0.343 e. The lowest BCUT2D eigenvalue weighted by molar-refractivity contribution is 0.456. The van der Waals surface area contributed by atoms with Crippen LogP contribution >= 0.6 is 0 Å². The number of fused-ring (bicyclic) bond motifs is 2. The van der Waals surface area contributed by atoms with Gasteiger partial charge < -0.3 is 13.7 Å². The maximum atomic E-state index is 12.5. The monoisotopic (exact) mass is 391 g/mol. The predicted octanol–water partition coefficient (Wildman–Crippen LogP) is 4.73. The van der Waals surface area contributed by atoms with Gasteiger partial charge in [0, 0.05) is 42.4 Å². The summed E-state index contributed by atoms with van der Waals surface area (Å²) in [6.45, 7) is 10.3. The Labute approximate surface area is 169 Å². The van der Waals surface area contributed by atoms with E-state index < -0.39 is 5.63 Å². The van der Waals surface area contributed by atoms with Crippen molar-refractivity contribution in [3.8, 4) is 0 Å². The van der Waals surface area contributed by atoms with Crippen molar-refractivity contribution in [2.75, 3.05) is 18.0 Å². The Morgan fingerprint density at radius 1 is 1.07 bits per heavy atom. The SMILES string of the molecule is CCN1CCC(C)(C)c2cc3cc(/C=C/c4cc(=O)cc(C)o4)c(=O)oc3cc21. The lowest BCUT2D eigenvalue weighted by Crippen LogP contribution is -2.37. The molecule has 5 nitrogen and oxygen atoms in total. The van der Waals surface area contributed by atoms with Crippen molar-refractivity contribution in [1.29, 1.82) is 0 Å². The van der Waals surface area contributed by atoms with Gasteiger partial charge in [0.25, 0.3) is 0 Å². The number of nitrogens with zero attached hydrogens (tertiary/aromatic N) is 1. The maximum Gasteiger partial charge on any atom is 0.343 e. The molecule has 1 aliphatic heterocycles. The van der Waals surface area contributed by atoms with Gasteiger partial charge >= 0.3 is 5.63 Å². The van der Waals surface area contributed by atoms with Crippen LogP contribution in [-0.4, -0.2) is 13.1 Å². The second kappa shape index (κ2) is 7.07. The van der Waals surface area contributed by atoms with Gasteiger partial charge in [0.1, 0.15) is 17.1 Å². The van der Waals surface area contributed by atoms with Crippen molar-refractivity contribution < 1.29 is 8.83 Å². The number of benzene rings is 1. The summed E-state index contributed by atoms with van der Waals surface area (Å²) < 4.78 is 11.1. The molecule has 1 aliphatic rings. The van der Waals surface area contributed by atoms with Gasteiger partial charge in [-0.05, 0) is 55.5 Å². The lowest BCUT2D eigenvalue weighted by Gasteiger charge is -2.40. The number of hydrogen-bond donors (Lipinski definition) is 0. The molecule has 3 aromatic rings. The first-order valence-corrected chi connectivity index (χ1v) is 9.94. The van der Waals surface area contributed by atoms with E-state index in [0.29, 0.717) is 22.7 Å². The van der Waals surface area contributed by atoms with Crippen LogP contribution in [0.25, 0.3) is 23.1 Å². The Hall–Kier alpha value is -3.08. The van der Waals surface area contributed by atoms with Gasteiger partial charge in [-0.3, -0.25) is 4.79 Å². The highest BCUT2D eigenvalue weighted by atomic mass is 16.4. The van der Waals surface area contributed by atoms with Crippen molar-refractivity contribution in [3.63, 3.8) is 0 Å². The minimum Gasteiger partial charge on any atom is -0.462 e. The summed E-state index contributed by atoms with van der Waals surface area (Å²) in [6.07, 6.45) is 4.33. The third-order valence-electron chi connectivity index (χ3n) is 5.67. The van der Waals surface area contributed by atoms with E-state index in [0.717, 1.165) is 30.6 Å². The summed E-state index contributed by atoms with van der Waals surface area (Å²) in [5.74, 6) is 0.927. The number of aryl methyl sites for hydroxylation is 1. The molecular formula is C24H25NO4. The highest BCUT2D eigenvalue weighted by molar-refractivity contribution is 5.86. The summed E-state index contributed by atoms with van der Waals surface area (Å²) in [5, 5.41) is 0.889. The van der Waals surface area contributed by atoms with E-state index >= 15 is 0 Å². The summed E-state index contributed by atoms with van der Waals surface area (Å²) >= 11 is 0. The van der Waals surface area contributed by atoms with Crippen LogP contribution in [0, 0.1) is 6.92 Å². The quantitative estimate of drug-likeness (QED) is 0.604. The van der Waals surface area contributed by atoms with E-state index in [9.17, 15) is 9.59 Å². The topological polar surface area (TPSA) is 63.7 Å². The Morgan fingerprint density at radius 3 is 2.59 bits per heavy atom. The first-order chi connectivity index (χ1) is 13.8. The van der Waals surface area contributed by atoms with E-state index in [-0.39, 0.29) is 10.8 Å². The van der Waals surface area contributed by atoms with Crippen molar-refractivity contribution >= 4 is 28.8 Å². The zero-order valence-corrected chi connectivity index (χ0v) is 17.2. The predicted molar refractivity (Wildman–Crippen MR) is 117 cm³/mol. The molecule has 29 heavy (non-hydrogen) atoms. The fourth-order valence-corrected chi connectivity index (χ4v) is 3.97. The van der Waals surface area contributed by atoms with Gasteiger partial charge in [0.05, 0.1) is 5.56 Å². The van der Waals surface area contributed by atoms with Gasteiger partial charge in [-0.15, -0.1) is 0 Å². The third kappa shape index (κ3) is 3.65. The first kappa shape index (κ1) is 19.2. The highest BCUT2D eigenvalue weighted by Crippen LogP contribution is 2.41. The van der Waals surface area contributed by atoms with Crippen LogP contribution in [0.5, 0.6) is 0 Å². The molecule has 2 aromatic heterocycles. The van der Waals surface area contributed by atoms with Gasteiger partial charge in [0.2, 0.25) is 0 Å². The molecule has 0 saturated carbocycles. The van der Waals surface area contributed by atoms with E-state index in [1.807, 2.05) is 12.1 Å². The van der Waals surface area contributed by atoms with Crippen LogP contribution in [0.15, 0.2) is 48.8 Å². The number of anilines is 1. The average Bonchev–Trinajstić information content (AvgIpc) is 2.65. The Morgan fingerprint density at radius 2 is 1.86 bits per heavy atom. The van der Waals surface area contributed by atoms with Gasteiger partial charge in [-0.2, -0.15) is 0 Å². The number of hydrogen-bond acceptors (Lipinski definition) is 5. The zero-order valence-electron chi connectivity index (χ0n) is 17.2. The summed E-state index contributed by atoms with van der Waals surface area (Å²) in [5.41, 5.74) is 2.93. The first-order valence-electron chi connectivity index (χ1n) is 9.94. The molecule has 1 aromatic carbocycles. The van der Waals surface area contributed by atoms with Crippen LogP contribution in [-0.2, 0) is 5.41 Å². The Kier molecular flexibility index (Phi) is 4.69. The Balaban J connectivity index is 1.81. The molecule has 0 N–H and O–H groups in total. The zero-order chi connectivity index (χ0) is 20.8. The summed E-state index contributed by atoms with van der Waals surface area (Å²) in [6, 6.07) is 8.78. The van der Waals surface area contributed by atoms with Gasteiger partial charge in [-0.1, -0.05) is 13.8 Å². The van der Waals surface area contributed by atoms with E-state index in [1.165, 1.54) is 17.7 Å². The van der Waals surface area contributed by atoms with E-state index in [2.05, 4.69) is 31.7 Å². The van der Waals surface area contributed by atoms with Crippen LogP contribution in [0.2, 0.25) is 0 Å². The van der Waals surface area contributed by atoms with Crippen molar-refractivity contribution in [2.24, 2.45) is 0 Å². The summed E-state index contributed by atoms with van der Waals surface area (Å²) in [4.78, 5) is 26.5. The summed E-state index contributed by atoms with van der Waals surface area (Å²) in [7, 11) is 0. The maximum absolute atomic E-state index is 12.5. The molecule has 0 amide bonds. The molecule has 4 rings (SSSR count). The van der Waals surface area contributed by atoms with Crippen molar-refractivity contribution in [2.45, 2.75) is 39.5 Å². The molecule has 150 valence electrons. The average molecular weight is 391 g/mol.